The Labute approximate surface area is 138 Å². The first-order chi connectivity index (χ1) is 11.7. The van der Waals surface area contributed by atoms with Crippen LogP contribution in [0.5, 0.6) is 0 Å². The highest BCUT2D eigenvalue weighted by atomic mass is 32.2. The predicted molar refractivity (Wildman–Crippen MR) is 76.6 cm³/mol. The smallest absolute Gasteiger partial charge is 0.265 e. The lowest BCUT2D eigenvalue weighted by Gasteiger charge is -2.04. The van der Waals surface area contributed by atoms with Gasteiger partial charge in [-0.25, -0.2) is 18.5 Å². The summed E-state index contributed by atoms with van der Waals surface area (Å²) in [4.78, 5) is 7.27. The number of hydrogen-bond donors (Lipinski definition) is 1. The quantitative estimate of drug-likeness (QED) is 0.720. The van der Waals surface area contributed by atoms with Crippen molar-refractivity contribution >= 4 is 10.0 Å². The minimum Gasteiger partial charge on any atom is -0.265 e. The van der Waals surface area contributed by atoms with Crippen molar-refractivity contribution in [3.05, 3.63) is 42.5 Å². The third kappa shape index (κ3) is 3.46. The third-order valence-corrected chi connectivity index (χ3v) is 3.73. The molecule has 0 aliphatic rings. The number of aromatic nitrogens is 6. The average molecular weight is 371 g/mol. The van der Waals surface area contributed by atoms with Crippen LogP contribution in [0.3, 0.4) is 0 Å². The highest BCUT2D eigenvalue weighted by molar-refractivity contribution is 7.89. The van der Waals surface area contributed by atoms with Crippen molar-refractivity contribution in [1.82, 2.24) is 29.9 Å². The summed E-state index contributed by atoms with van der Waals surface area (Å²) in [5, 5.41) is 14.7. The van der Waals surface area contributed by atoms with Gasteiger partial charge in [0.05, 0.1) is 0 Å². The summed E-state index contributed by atoms with van der Waals surface area (Å²) in [6, 6.07) is 4.99. The Kier molecular flexibility index (Phi) is 3.96. The molecule has 13 heteroatoms. The molecule has 3 aromatic heterocycles. The van der Waals surface area contributed by atoms with Crippen LogP contribution >= 0.6 is 0 Å². The fraction of sp³-hybridized carbons (Fsp3) is 0.0833. The Morgan fingerprint density at radius 3 is 2.24 bits per heavy atom. The van der Waals surface area contributed by atoms with Crippen molar-refractivity contribution in [2.24, 2.45) is 5.14 Å². The predicted octanol–water partition coefficient (Wildman–Crippen LogP) is 0.786. The fourth-order valence-corrected chi connectivity index (χ4v) is 2.27. The summed E-state index contributed by atoms with van der Waals surface area (Å²) in [7, 11) is -4.09. The van der Waals surface area contributed by atoms with Gasteiger partial charge in [0.15, 0.2) is 16.7 Å². The Balaban J connectivity index is 2.16. The van der Waals surface area contributed by atoms with Crippen molar-refractivity contribution in [1.29, 1.82) is 0 Å². The molecule has 3 heterocycles. The van der Waals surface area contributed by atoms with E-state index in [1.165, 1.54) is 24.5 Å². The van der Waals surface area contributed by atoms with E-state index in [4.69, 9.17) is 5.14 Å². The molecule has 0 amide bonds. The van der Waals surface area contributed by atoms with Crippen LogP contribution in [0.25, 0.3) is 17.2 Å². The number of hydrogen-bond acceptors (Lipinski definition) is 7. The number of alkyl halides is 3. The average Bonchev–Trinajstić information content (AvgIpc) is 3.00. The van der Waals surface area contributed by atoms with Crippen LogP contribution in [0, 0.1) is 0 Å². The lowest BCUT2D eigenvalue weighted by Crippen LogP contribution is -2.15. The number of sulfonamides is 1. The summed E-state index contributed by atoms with van der Waals surface area (Å²) >= 11 is 0. The van der Waals surface area contributed by atoms with Gasteiger partial charge in [0, 0.05) is 18.0 Å². The van der Waals surface area contributed by atoms with E-state index >= 15 is 0 Å². The molecule has 0 aliphatic heterocycles. The number of rotatable bonds is 3. The highest BCUT2D eigenvalue weighted by Crippen LogP contribution is 2.29. The first-order valence-electron chi connectivity index (χ1n) is 6.48. The second-order valence-electron chi connectivity index (χ2n) is 4.68. The molecular formula is C12H8F3N7O2S. The summed E-state index contributed by atoms with van der Waals surface area (Å²) < 4.78 is 62.0. The molecule has 0 radical (unpaired) electrons. The minimum atomic E-state index is -4.78. The molecule has 0 fully saturated rings. The van der Waals surface area contributed by atoms with E-state index in [0.717, 1.165) is 16.8 Å². The first kappa shape index (κ1) is 16.9. The van der Waals surface area contributed by atoms with Gasteiger partial charge in [-0.05, 0) is 24.3 Å². The van der Waals surface area contributed by atoms with Crippen molar-refractivity contribution < 1.29 is 21.6 Å². The van der Waals surface area contributed by atoms with Gasteiger partial charge in [-0.2, -0.15) is 17.9 Å². The second kappa shape index (κ2) is 5.86. The van der Waals surface area contributed by atoms with Crippen molar-refractivity contribution in [2.45, 2.75) is 11.2 Å². The van der Waals surface area contributed by atoms with E-state index in [2.05, 4.69) is 25.3 Å². The van der Waals surface area contributed by atoms with Crippen LogP contribution < -0.4 is 5.14 Å². The third-order valence-electron chi connectivity index (χ3n) is 2.93. The summed E-state index contributed by atoms with van der Waals surface area (Å²) in [6.07, 6.45) is -2.03. The second-order valence-corrected chi connectivity index (χ2v) is 6.19. The molecule has 2 N–H and O–H groups in total. The number of pyridine rings is 1. The molecule has 0 unspecified atom stereocenters. The van der Waals surface area contributed by atoms with E-state index in [1.54, 1.807) is 0 Å². The Morgan fingerprint density at radius 2 is 1.72 bits per heavy atom. The van der Waals surface area contributed by atoms with E-state index in [9.17, 15) is 21.6 Å². The molecular weight excluding hydrogens is 363 g/mol. The lowest BCUT2D eigenvalue weighted by atomic mass is 10.2. The maximum atomic E-state index is 13.0. The molecule has 130 valence electrons. The molecule has 25 heavy (non-hydrogen) atoms. The van der Waals surface area contributed by atoms with E-state index in [1.807, 2.05) is 0 Å². The number of nitrogens with zero attached hydrogens (tertiary/aromatic N) is 6. The first-order valence-corrected chi connectivity index (χ1v) is 8.02. The fourth-order valence-electron chi connectivity index (χ4n) is 1.86. The van der Waals surface area contributed by atoms with Gasteiger partial charge in [0.25, 0.3) is 15.8 Å². The maximum Gasteiger partial charge on any atom is 0.453 e. The summed E-state index contributed by atoms with van der Waals surface area (Å²) in [5.41, 5.74) is 0.301. The standard InChI is InChI=1S/C12H8F3N7O2S/c13-12(14,15)11-18-10(7-3-5-17-6-4-7)22(21-11)8-1-2-9(20-19-8)25(16,23)24/h1-6H,(H2,16,23,24). The largest absolute Gasteiger partial charge is 0.453 e. The van der Waals surface area contributed by atoms with Crippen molar-refractivity contribution in [3.63, 3.8) is 0 Å². The molecule has 0 atom stereocenters. The van der Waals surface area contributed by atoms with Gasteiger partial charge in [0.2, 0.25) is 0 Å². The number of halogens is 3. The van der Waals surface area contributed by atoms with Gasteiger partial charge in [-0.3, -0.25) is 4.98 Å². The van der Waals surface area contributed by atoms with Crippen molar-refractivity contribution in [3.8, 4) is 17.2 Å². The van der Waals surface area contributed by atoms with Gasteiger partial charge < -0.3 is 0 Å². The van der Waals surface area contributed by atoms with Gasteiger partial charge in [0.1, 0.15) is 0 Å². The normalized spacial score (nSPS) is 12.3. The number of nitrogens with two attached hydrogens (primary N) is 1. The van der Waals surface area contributed by atoms with E-state index in [-0.39, 0.29) is 11.6 Å². The monoisotopic (exact) mass is 371 g/mol. The molecule has 0 spiro atoms. The van der Waals surface area contributed by atoms with E-state index < -0.39 is 27.0 Å². The van der Waals surface area contributed by atoms with Crippen LogP contribution in [0.1, 0.15) is 5.82 Å². The molecule has 0 saturated heterocycles. The number of primary sulfonamides is 1. The molecule has 0 aliphatic carbocycles. The zero-order valence-corrected chi connectivity index (χ0v) is 12.9. The molecule has 0 saturated carbocycles. The van der Waals surface area contributed by atoms with Crippen LogP contribution in [0.4, 0.5) is 13.2 Å². The van der Waals surface area contributed by atoms with Crippen LogP contribution in [0.2, 0.25) is 0 Å². The van der Waals surface area contributed by atoms with Crippen molar-refractivity contribution in [2.75, 3.05) is 0 Å². The Morgan fingerprint density at radius 1 is 1.04 bits per heavy atom. The van der Waals surface area contributed by atoms with Crippen LogP contribution in [0.15, 0.2) is 41.7 Å². The molecule has 0 bridgehead atoms. The van der Waals surface area contributed by atoms with Crippen LogP contribution in [-0.4, -0.2) is 38.4 Å². The topological polar surface area (TPSA) is 130 Å². The zero-order valence-electron chi connectivity index (χ0n) is 12.1. The minimum absolute atomic E-state index is 0.160. The van der Waals surface area contributed by atoms with Crippen LogP contribution in [-0.2, 0) is 16.2 Å². The lowest BCUT2D eigenvalue weighted by molar-refractivity contribution is -0.144. The Bertz CT molecular complexity index is 1000. The van der Waals surface area contributed by atoms with Gasteiger partial charge in [-0.15, -0.1) is 15.3 Å². The summed E-state index contributed by atoms with van der Waals surface area (Å²) in [5.74, 6) is -1.70. The summed E-state index contributed by atoms with van der Waals surface area (Å²) in [6.45, 7) is 0. The van der Waals surface area contributed by atoms with E-state index in [0.29, 0.717) is 5.56 Å². The molecule has 0 aromatic carbocycles. The zero-order chi connectivity index (χ0) is 18.2. The molecule has 9 nitrogen and oxygen atoms in total. The maximum absolute atomic E-state index is 13.0. The Hall–Kier alpha value is -2.93. The van der Waals surface area contributed by atoms with Gasteiger partial charge in [-0.1, -0.05) is 0 Å². The van der Waals surface area contributed by atoms with Gasteiger partial charge >= 0.3 is 6.18 Å². The molecule has 3 rings (SSSR count). The molecule has 3 aromatic rings. The SMILES string of the molecule is NS(=O)(=O)c1ccc(-n2nc(C(F)(F)F)nc2-c2ccncc2)nn1. The highest BCUT2D eigenvalue weighted by Gasteiger charge is 2.37.